The van der Waals surface area contributed by atoms with Crippen LogP contribution in [0.4, 0.5) is 13.2 Å². The summed E-state index contributed by atoms with van der Waals surface area (Å²) in [5, 5.41) is 4.26. The van der Waals surface area contributed by atoms with Crippen molar-refractivity contribution in [2.24, 2.45) is 5.73 Å². The fourth-order valence-electron chi connectivity index (χ4n) is 5.08. The van der Waals surface area contributed by atoms with Crippen molar-refractivity contribution >= 4 is 22.6 Å². The SMILES string of the molecule is Cc1cc2ccccc2n1CC(=O)CNC(Cc1cc(F)cc(F)c1)c1ncccc1-c1ccc(F)c(C(N)=O)c1. The number of carbonyl (C=O) groups is 2. The van der Waals surface area contributed by atoms with Crippen molar-refractivity contribution in [1.29, 1.82) is 0 Å². The van der Waals surface area contributed by atoms with Crippen molar-refractivity contribution in [3.8, 4) is 11.1 Å². The fraction of sp³-hybridized carbons (Fsp3) is 0.156. The van der Waals surface area contributed by atoms with Crippen LogP contribution in [0.25, 0.3) is 22.0 Å². The Hall–Kier alpha value is -4.76. The molecule has 0 spiro atoms. The number of benzene rings is 3. The third-order valence-corrected chi connectivity index (χ3v) is 6.97. The highest BCUT2D eigenvalue weighted by Crippen LogP contribution is 2.30. The molecule has 2 heterocycles. The Balaban J connectivity index is 1.47. The summed E-state index contributed by atoms with van der Waals surface area (Å²) < 4.78 is 44.3. The van der Waals surface area contributed by atoms with E-state index in [4.69, 9.17) is 5.73 Å². The molecule has 3 aromatic carbocycles. The van der Waals surface area contributed by atoms with Gasteiger partial charge in [-0.15, -0.1) is 0 Å². The molecular weight excluding hydrogens is 529 g/mol. The summed E-state index contributed by atoms with van der Waals surface area (Å²) in [5.41, 5.74) is 8.79. The van der Waals surface area contributed by atoms with Gasteiger partial charge >= 0.3 is 0 Å². The molecule has 6 nitrogen and oxygen atoms in total. The monoisotopic (exact) mass is 556 g/mol. The maximum Gasteiger partial charge on any atom is 0.251 e. The van der Waals surface area contributed by atoms with Crippen LogP contribution in [0.5, 0.6) is 0 Å². The zero-order valence-electron chi connectivity index (χ0n) is 22.2. The number of pyridine rings is 1. The molecule has 1 atom stereocenters. The smallest absolute Gasteiger partial charge is 0.251 e. The molecule has 0 saturated heterocycles. The second kappa shape index (κ2) is 11.8. The molecule has 0 radical (unpaired) electrons. The summed E-state index contributed by atoms with van der Waals surface area (Å²) in [6.45, 7) is 2.01. The lowest BCUT2D eigenvalue weighted by Crippen LogP contribution is -2.32. The largest absolute Gasteiger partial charge is 0.366 e. The first-order chi connectivity index (χ1) is 19.7. The predicted octanol–water partition coefficient (Wildman–Crippen LogP) is 5.67. The van der Waals surface area contributed by atoms with Crippen LogP contribution in [0.3, 0.4) is 0 Å². The number of hydrogen-bond donors (Lipinski definition) is 2. The minimum Gasteiger partial charge on any atom is -0.366 e. The molecule has 1 amide bonds. The summed E-state index contributed by atoms with van der Waals surface area (Å²) in [6.07, 6.45) is 1.65. The number of primary amides is 1. The van der Waals surface area contributed by atoms with Crippen LogP contribution >= 0.6 is 0 Å². The third kappa shape index (κ3) is 6.20. The highest BCUT2D eigenvalue weighted by atomic mass is 19.1. The summed E-state index contributed by atoms with van der Waals surface area (Å²) in [5.74, 6) is -3.24. The number of nitrogens with zero attached hydrogens (tertiary/aromatic N) is 2. The molecule has 0 aliphatic carbocycles. The molecule has 5 rings (SSSR count). The molecule has 0 aliphatic heterocycles. The highest BCUT2D eigenvalue weighted by molar-refractivity contribution is 5.94. The predicted molar refractivity (Wildman–Crippen MR) is 151 cm³/mol. The standard InChI is InChI=1S/C32H27F3N4O2/c1-19-11-22-5-2-3-7-30(22)39(19)18-25(40)17-38-29(14-20-12-23(33)16-24(34)13-20)31-26(6-4-10-37-31)21-8-9-28(35)27(15-21)32(36)41/h2-13,15-16,29,38H,14,17-18H2,1H3,(H2,36,41). The number of fused-ring (bicyclic) bond motifs is 1. The zero-order chi connectivity index (χ0) is 29.1. The average Bonchev–Trinajstić information content (AvgIpc) is 3.25. The third-order valence-electron chi connectivity index (χ3n) is 6.97. The first-order valence-corrected chi connectivity index (χ1v) is 13.0. The molecule has 0 saturated carbocycles. The van der Waals surface area contributed by atoms with Gasteiger partial charge in [0.25, 0.3) is 5.91 Å². The number of hydrogen-bond acceptors (Lipinski definition) is 4. The van der Waals surface area contributed by atoms with Crippen LogP contribution in [-0.2, 0) is 17.8 Å². The van der Waals surface area contributed by atoms with Crippen LogP contribution in [0.1, 0.15) is 33.4 Å². The molecular formula is C32H27F3N4O2. The second-order valence-corrected chi connectivity index (χ2v) is 9.88. The number of aromatic nitrogens is 2. The highest BCUT2D eigenvalue weighted by Gasteiger charge is 2.22. The topological polar surface area (TPSA) is 90.0 Å². The van der Waals surface area contributed by atoms with Gasteiger partial charge < -0.3 is 15.6 Å². The van der Waals surface area contributed by atoms with E-state index in [1.165, 1.54) is 24.3 Å². The van der Waals surface area contributed by atoms with Gasteiger partial charge in [0, 0.05) is 29.0 Å². The first-order valence-electron chi connectivity index (χ1n) is 13.0. The minimum absolute atomic E-state index is 0.0552. The van der Waals surface area contributed by atoms with Crippen LogP contribution in [0, 0.1) is 24.4 Å². The van der Waals surface area contributed by atoms with E-state index in [-0.39, 0.29) is 30.9 Å². The van der Waals surface area contributed by atoms with E-state index >= 15 is 0 Å². The number of nitrogens with two attached hydrogens (primary N) is 1. The summed E-state index contributed by atoms with van der Waals surface area (Å²) in [7, 11) is 0. The van der Waals surface area contributed by atoms with Crippen molar-refractivity contribution < 1.29 is 22.8 Å². The Morgan fingerprint density at radius 2 is 1.71 bits per heavy atom. The summed E-state index contributed by atoms with van der Waals surface area (Å²) in [4.78, 5) is 29.5. The van der Waals surface area contributed by atoms with E-state index in [0.717, 1.165) is 28.7 Å². The zero-order valence-corrected chi connectivity index (χ0v) is 22.2. The lowest BCUT2D eigenvalue weighted by atomic mass is 9.94. The Labute approximate surface area is 234 Å². The van der Waals surface area contributed by atoms with Gasteiger partial charge in [-0.05, 0) is 72.3 Å². The normalized spacial score (nSPS) is 12.0. The molecule has 208 valence electrons. The Bertz CT molecular complexity index is 1750. The Kier molecular flexibility index (Phi) is 7.98. The van der Waals surface area contributed by atoms with Crippen molar-refractivity contribution in [1.82, 2.24) is 14.9 Å². The van der Waals surface area contributed by atoms with Gasteiger partial charge in [-0.25, -0.2) is 13.2 Å². The number of amides is 1. The van der Waals surface area contributed by atoms with E-state index in [0.29, 0.717) is 22.4 Å². The number of aryl methyl sites for hydroxylation is 1. The van der Waals surface area contributed by atoms with Crippen molar-refractivity contribution in [2.75, 3.05) is 6.54 Å². The lowest BCUT2D eigenvalue weighted by molar-refractivity contribution is -0.118. The van der Waals surface area contributed by atoms with E-state index in [1.54, 1.807) is 18.3 Å². The number of para-hydroxylation sites is 1. The first kappa shape index (κ1) is 27.8. The van der Waals surface area contributed by atoms with Gasteiger partial charge in [0.15, 0.2) is 5.78 Å². The number of nitrogens with one attached hydrogen (secondary N) is 1. The second-order valence-electron chi connectivity index (χ2n) is 9.88. The molecule has 2 aromatic heterocycles. The molecule has 0 aliphatic rings. The quantitative estimate of drug-likeness (QED) is 0.232. The van der Waals surface area contributed by atoms with Crippen LogP contribution in [0.15, 0.2) is 85.1 Å². The maximum atomic E-state index is 14.2. The van der Waals surface area contributed by atoms with Crippen molar-refractivity contribution in [2.45, 2.75) is 25.9 Å². The van der Waals surface area contributed by atoms with Crippen molar-refractivity contribution in [3.05, 3.63) is 125 Å². The van der Waals surface area contributed by atoms with Gasteiger partial charge in [-0.3, -0.25) is 14.6 Å². The van der Waals surface area contributed by atoms with Crippen LogP contribution in [0.2, 0.25) is 0 Å². The minimum atomic E-state index is -0.918. The number of Topliss-reactive ketones (excluding diaryl/α,β-unsaturated/α-hetero) is 1. The fourth-order valence-corrected chi connectivity index (χ4v) is 5.08. The van der Waals surface area contributed by atoms with Gasteiger partial charge in [0.1, 0.15) is 17.5 Å². The molecule has 0 bridgehead atoms. The molecule has 3 N–H and O–H groups in total. The summed E-state index contributed by atoms with van der Waals surface area (Å²) >= 11 is 0. The van der Waals surface area contributed by atoms with E-state index in [9.17, 15) is 22.8 Å². The molecule has 1 unspecified atom stereocenters. The number of rotatable bonds is 10. The Morgan fingerprint density at radius 3 is 2.46 bits per heavy atom. The van der Waals surface area contributed by atoms with Gasteiger partial charge in [0.05, 0.1) is 30.4 Å². The maximum absolute atomic E-state index is 14.2. The molecule has 0 fully saturated rings. The molecule has 9 heteroatoms. The van der Waals surface area contributed by atoms with E-state index < -0.39 is 29.4 Å². The van der Waals surface area contributed by atoms with Crippen LogP contribution < -0.4 is 11.1 Å². The van der Waals surface area contributed by atoms with E-state index in [2.05, 4.69) is 10.3 Å². The number of carbonyl (C=O) groups excluding carboxylic acids is 2. The van der Waals surface area contributed by atoms with Crippen molar-refractivity contribution in [3.63, 3.8) is 0 Å². The average molecular weight is 557 g/mol. The van der Waals surface area contributed by atoms with Gasteiger partial charge in [0.2, 0.25) is 0 Å². The summed E-state index contributed by atoms with van der Waals surface area (Å²) in [6, 6.07) is 19.7. The molecule has 41 heavy (non-hydrogen) atoms. The molecule has 5 aromatic rings. The Morgan fingerprint density at radius 1 is 0.951 bits per heavy atom. The van der Waals surface area contributed by atoms with Crippen LogP contribution in [-0.4, -0.2) is 27.8 Å². The van der Waals surface area contributed by atoms with Gasteiger partial charge in [-0.2, -0.15) is 0 Å². The number of halogens is 3. The number of ketones is 1. The lowest BCUT2D eigenvalue weighted by Gasteiger charge is -2.22. The van der Waals surface area contributed by atoms with E-state index in [1.807, 2.05) is 41.8 Å². The van der Waals surface area contributed by atoms with Gasteiger partial charge in [-0.1, -0.05) is 30.3 Å².